The van der Waals surface area contributed by atoms with E-state index >= 15 is 0 Å². The maximum atomic E-state index is 12.8. The van der Waals surface area contributed by atoms with E-state index in [2.05, 4.69) is 10.6 Å². The van der Waals surface area contributed by atoms with E-state index < -0.39 is 5.92 Å². The van der Waals surface area contributed by atoms with Crippen molar-refractivity contribution >= 4 is 29.2 Å². The first-order chi connectivity index (χ1) is 14.1. The Balaban J connectivity index is 1.93. The summed E-state index contributed by atoms with van der Waals surface area (Å²) in [6, 6.07) is 18.1. The van der Waals surface area contributed by atoms with E-state index in [1.54, 1.807) is 31.2 Å². The van der Waals surface area contributed by atoms with Crippen LogP contribution < -0.4 is 10.6 Å². The van der Waals surface area contributed by atoms with Gasteiger partial charge >= 0.3 is 5.97 Å². The van der Waals surface area contributed by atoms with Crippen LogP contribution in [0.25, 0.3) is 0 Å². The third kappa shape index (κ3) is 8.17. The molecule has 0 heterocycles. The first kappa shape index (κ1) is 22.1. The van der Waals surface area contributed by atoms with Crippen molar-refractivity contribution in [3.63, 3.8) is 0 Å². The van der Waals surface area contributed by atoms with Crippen molar-refractivity contribution in [2.75, 3.05) is 17.2 Å². The average molecular weight is 396 g/mol. The number of esters is 1. The molecule has 0 spiro atoms. The van der Waals surface area contributed by atoms with E-state index in [-0.39, 0.29) is 17.8 Å². The molecule has 154 valence electrons. The molecule has 0 fully saturated rings. The number of carbonyl (C=O) groups excluding carboxylic acids is 3. The largest absolute Gasteiger partial charge is 0.466 e. The van der Waals surface area contributed by atoms with E-state index in [0.717, 1.165) is 6.42 Å². The Morgan fingerprint density at radius 2 is 1.31 bits per heavy atom. The molecule has 2 rings (SSSR count). The Kier molecular flexibility index (Phi) is 9.42. The number of rotatable bonds is 11. The van der Waals surface area contributed by atoms with Gasteiger partial charge in [0, 0.05) is 17.8 Å². The predicted molar refractivity (Wildman–Crippen MR) is 113 cm³/mol. The van der Waals surface area contributed by atoms with Crippen molar-refractivity contribution in [1.29, 1.82) is 0 Å². The van der Waals surface area contributed by atoms with Gasteiger partial charge in [0.15, 0.2) is 0 Å². The van der Waals surface area contributed by atoms with E-state index in [1.807, 2.05) is 36.4 Å². The Hall–Kier alpha value is -3.15. The van der Waals surface area contributed by atoms with Crippen LogP contribution in [0.5, 0.6) is 0 Å². The smallest absolute Gasteiger partial charge is 0.305 e. The minimum Gasteiger partial charge on any atom is -0.466 e. The maximum absolute atomic E-state index is 12.8. The van der Waals surface area contributed by atoms with Crippen molar-refractivity contribution in [2.24, 2.45) is 5.92 Å². The van der Waals surface area contributed by atoms with Gasteiger partial charge in [0.2, 0.25) is 11.8 Å². The van der Waals surface area contributed by atoms with E-state index in [1.165, 1.54) is 0 Å². The molecular formula is C23H28N2O4. The van der Waals surface area contributed by atoms with Crippen LogP contribution >= 0.6 is 0 Å². The topological polar surface area (TPSA) is 84.5 Å². The second-order valence-electron chi connectivity index (χ2n) is 6.67. The van der Waals surface area contributed by atoms with E-state index in [0.29, 0.717) is 43.7 Å². The molecular weight excluding hydrogens is 368 g/mol. The first-order valence-corrected chi connectivity index (χ1v) is 9.97. The van der Waals surface area contributed by atoms with Crippen LogP contribution in [0, 0.1) is 5.92 Å². The molecule has 2 aromatic rings. The van der Waals surface area contributed by atoms with Crippen LogP contribution in [0.3, 0.4) is 0 Å². The molecule has 0 aliphatic heterocycles. The van der Waals surface area contributed by atoms with Crippen molar-refractivity contribution < 1.29 is 19.1 Å². The molecule has 0 saturated heterocycles. The molecule has 0 bridgehead atoms. The minimum absolute atomic E-state index is 0.215. The van der Waals surface area contributed by atoms with Crippen LogP contribution in [-0.2, 0) is 19.1 Å². The molecule has 0 unspecified atom stereocenters. The molecule has 0 saturated carbocycles. The van der Waals surface area contributed by atoms with Gasteiger partial charge in [-0.2, -0.15) is 0 Å². The lowest BCUT2D eigenvalue weighted by molar-refractivity contribution is -0.143. The summed E-state index contributed by atoms with van der Waals surface area (Å²) in [4.78, 5) is 36.9. The summed E-state index contributed by atoms with van der Waals surface area (Å²) in [5.41, 5.74) is 1.30. The van der Waals surface area contributed by atoms with Gasteiger partial charge in [-0.15, -0.1) is 0 Å². The lowest BCUT2D eigenvalue weighted by atomic mass is 9.98. The number of anilines is 2. The highest BCUT2D eigenvalue weighted by molar-refractivity contribution is 6.10. The Morgan fingerprint density at radius 1 is 0.793 bits per heavy atom. The van der Waals surface area contributed by atoms with Crippen LogP contribution in [-0.4, -0.2) is 24.4 Å². The number of nitrogens with one attached hydrogen (secondary N) is 2. The summed E-state index contributed by atoms with van der Waals surface area (Å²) in [6.07, 6.45) is 2.83. The fourth-order valence-electron chi connectivity index (χ4n) is 2.91. The number of unbranched alkanes of at least 4 members (excludes halogenated alkanes) is 2. The van der Waals surface area contributed by atoms with Crippen LogP contribution in [0.1, 0.15) is 39.0 Å². The first-order valence-electron chi connectivity index (χ1n) is 9.97. The highest BCUT2D eigenvalue weighted by Crippen LogP contribution is 2.17. The van der Waals surface area contributed by atoms with Crippen molar-refractivity contribution in [1.82, 2.24) is 0 Å². The zero-order valence-corrected chi connectivity index (χ0v) is 16.7. The van der Waals surface area contributed by atoms with Crippen molar-refractivity contribution in [3.8, 4) is 0 Å². The monoisotopic (exact) mass is 396 g/mol. The molecule has 0 aliphatic carbocycles. The number of amides is 2. The second-order valence-corrected chi connectivity index (χ2v) is 6.67. The van der Waals surface area contributed by atoms with Crippen molar-refractivity contribution in [3.05, 3.63) is 60.7 Å². The number of benzene rings is 2. The van der Waals surface area contributed by atoms with Gasteiger partial charge in [-0.25, -0.2) is 0 Å². The van der Waals surface area contributed by atoms with E-state index in [9.17, 15) is 14.4 Å². The third-order valence-corrected chi connectivity index (χ3v) is 4.39. The standard InChI is InChI=1S/C23H28N2O4/c1-2-29-21(26)17-11-5-10-16-20(22(27)24-18-12-6-3-7-13-18)23(28)25-19-14-8-4-9-15-19/h3-4,6-9,12-15,20H,2,5,10-11,16-17H2,1H3,(H,24,27)(H,25,28). The van der Waals surface area contributed by atoms with Crippen LogP contribution in [0.4, 0.5) is 11.4 Å². The van der Waals surface area contributed by atoms with Gasteiger partial charge < -0.3 is 15.4 Å². The van der Waals surface area contributed by atoms with Crippen molar-refractivity contribution in [2.45, 2.75) is 39.0 Å². The maximum Gasteiger partial charge on any atom is 0.305 e. The highest BCUT2D eigenvalue weighted by Gasteiger charge is 2.26. The zero-order chi connectivity index (χ0) is 20.9. The predicted octanol–water partition coefficient (Wildman–Crippen LogP) is 4.39. The lowest BCUT2D eigenvalue weighted by Gasteiger charge is -2.17. The average Bonchev–Trinajstić information content (AvgIpc) is 2.72. The van der Waals surface area contributed by atoms with Crippen LogP contribution in [0.2, 0.25) is 0 Å². The van der Waals surface area contributed by atoms with Gasteiger partial charge in [-0.05, 0) is 44.0 Å². The third-order valence-electron chi connectivity index (χ3n) is 4.39. The Bertz CT molecular complexity index is 724. The molecule has 6 nitrogen and oxygen atoms in total. The lowest BCUT2D eigenvalue weighted by Crippen LogP contribution is -2.34. The summed E-state index contributed by atoms with van der Waals surface area (Å²) < 4.78 is 4.91. The number of hydrogen-bond acceptors (Lipinski definition) is 4. The Morgan fingerprint density at radius 3 is 1.79 bits per heavy atom. The van der Waals surface area contributed by atoms with E-state index in [4.69, 9.17) is 4.74 Å². The molecule has 29 heavy (non-hydrogen) atoms. The number of hydrogen-bond donors (Lipinski definition) is 2. The molecule has 0 aromatic heterocycles. The minimum atomic E-state index is -0.821. The summed E-state index contributed by atoms with van der Waals surface area (Å²) in [6.45, 7) is 2.15. The summed E-state index contributed by atoms with van der Waals surface area (Å²) in [5.74, 6) is -1.71. The van der Waals surface area contributed by atoms with Gasteiger partial charge in [0.25, 0.3) is 0 Å². The fraction of sp³-hybridized carbons (Fsp3) is 0.348. The normalized spacial score (nSPS) is 10.4. The molecule has 0 radical (unpaired) electrons. The SMILES string of the molecule is CCOC(=O)CCCCCC(C(=O)Nc1ccccc1)C(=O)Nc1ccccc1. The number of para-hydroxylation sites is 2. The quantitative estimate of drug-likeness (QED) is 0.335. The zero-order valence-electron chi connectivity index (χ0n) is 16.7. The van der Waals surface area contributed by atoms with Gasteiger partial charge in [-0.3, -0.25) is 14.4 Å². The van der Waals surface area contributed by atoms with Gasteiger partial charge in [0.1, 0.15) is 5.92 Å². The molecule has 2 N–H and O–H groups in total. The van der Waals surface area contributed by atoms with Crippen LogP contribution in [0.15, 0.2) is 60.7 Å². The Labute approximate surface area is 171 Å². The molecule has 6 heteroatoms. The van der Waals surface area contributed by atoms with Gasteiger partial charge in [-0.1, -0.05) is 49.2 Å². The molecule has 2 aromatic carbocycles. The molecule has 0 aliphatic rings. The summed E-state index contributed by atoms with van der Waals surface area (Å²) in [7, 11) is 0. The fourth-order valence-corrected chi connectivity index (χ4v) is 2.91. The molecule has 0 atom stereocenters. The molecule has 2 amide bonds. The van der Waals surface area contributed by atoms with Gasteiger partial charge in [0.05, 0.1) is 6.61 Å². The summed E-state index contributed by atoms with van der Waals surface area (Å²) >= 11 is 0. The number of carbonyl (C=O) groups is 3. The highest BCUT2D eigenvalue weighted by atomic mass is 16.5. The number of ether oxygens (including phenoxy) is 1. The second kappa shape index (κ2) is 12.3. The summed E-state index contributed by atoms with van der Waals surface area (Å²) in [5, 5.41) is 5.62.